The molecule has 0 spiro atoms. The van der Waals surface area contributed by atoms with Crippen LogP contribution in [0.4, 0.5) is 4.39 Å². The number of amides is 2. The van der Waals surface area contributed by atoms with Gasteiger partial charge in [0, 0.05) is 37.8 Å². The van der Waals surface area contributed by atoms with Gasteiger partial charge >= 0.3 is 0 Å². The summed E-state index contributed by atoms with van der Waals surface area (Å²) in [7, 11) is 1.50. The molecule has 0 unspecified atom stereocenters. The second kappa shape index (κ2) is 8.70. The first kappa shape index (κ1) is 22.9. The van der Waals surface area contributed by atoms with Gasteiger partial charge in [-0.25, -0.2) is 4.52 Å². The third kappa shape index (κ3) is 3.79. The number of ether oxygens (including phenoxy) is 2. The van der Waals surface area contributed by atoms with E-state index in [4.69, 9.17) is 13.9 Å². The lowest BCUT2D eigenvalue weighted by atomic mass is 10.1. The smallest absolute Gasteiger partial charge is 0.255 e. The Kier molecular flexibility index (Phi) is 5.68. The Balaban J connectivity index is 1.53. The molecule has 1 saturated heterocycles. The van der Waals surface area contributed by atoms with Gasteiger partial charge in [-0.2, -0.15) is 9.49 Å². The molecule has 1 aliphatic heterocycles. The molecule has 0 bridgehead atoms. The molecule has 1 aromatic carbocycles. The van der Waals surface area contributed by atoms with Crippen molar-refractivity contribution in [3.63, 3.8) is 0 Å². The van der Waals surface area contributed by atoms with Gasteiger partial charge in [-0.15, -0.1) is 0 Å². The van der Waals surface area contributed by atoms with Crippen molar-refractivity contribution in [2.75, 3.05) is 26.7 Å². The molecule has 9 nitrogen and oxygen atoms in total. The van der Waals surface area contributed by atoms with Crippen LogP contribution in [0, 0.1) is 19.7 Å². The summed E-state index contributed by atoms with van der Waals surface area (Å²) in [5.74, 6) is -0.628. The highest BCUT2D eigenvalue weighted by atomic mass is 19.1. The van der Waals surface area contributed by atoms with Crippen LogP contribution in [0.15, 0.2) is 35.0 Å². The summed E-state index contributed by atoms with van der Waals surface area (Å²) in [6.07, 6.45) is 3.14. The number of morpholine rings is 1. The van der Waals surface area contributed by atoms with E-state index in [1.165, 1.54) is 19.3 Å². The molecule has 1 N–H and O–H groups in total. The van der Waals surface area contributed by atoms with Gasteiger partial charge in [-0.1, -0.05) is 0 Å². The van der Waals surface area contributed by atoms with Crippen LogP contribution in [0.5, 0.6) is 11.5 Å². The Bertz CT molecular complexity index is 1470. The first-order valence-corrected chi connectivity index (χ1v) is 11.3. The highest BCUT2D eigenvalue weighted by Gasteiger charge is 2.27. The molecule has 0 saturated carbocycles. The molecule has 35 heavy (non-hydrogen) atoms. The second-order valence-corrected chi connectivity index (χ2v) is 8.56. The van der Waals surface area contributed by atoms with Crippen LogP contribution >= 0.6 is 0 Å². The zero-order valence-corrected chi connectivity index (χ0v) is 19.8. The lowest BCUT2D eigenvalue weighted by Crippen LogP contribution is -2.44. The van der Waals surface area contributed by atoms with Crippen LogP contribution in [-0.4, -0.2) is 59.2 Å². The van der Waals surface area contributed by atoms with Crippen LogP contribution in [-0.2, 0) is 4.74 Å². The van der Waals surface area contributed by atoms with Crippen molar-refractivity contribution in [2.24, 2.45) is 0 Å². The number of carbonyl (C=O) groups excluding carboxylic acids is 2. The number of benzene rings is 1. The second-order valence-electron chi connectivity index (χ2n) is 8.56. The van der Waals surface area contributed by atoms with Gasteiger partial charge in [0.05, 0.1) is 30.0 Å². The van der Waals surface area contributed by atoms with E-state index in [-0.39, 0.29) is 34.8 Å². The molecule has 1 atom stereocenters. The summed E-state index contributed by atoms with van der Waals surface area (Å²) in [5.41, 5.74) is 1.94. The van der Waals surface area contributed by atoms with Crippen molar-refractivity contribution in [1.29, 1.82) is 0 Å². The topological polar surface area (TPSA) is 98.3 Å². The van der Waals surface area contributed by atoms with Gasteiger partial charge in [0.15, 0.2) is 17.1 Å². The summed E-state index contributed by atoms with van der Waals surface area (Å²) in [6, 6.07) is 4.66. The first-order chi connectivity index (χ1) is 16.8. The maximum atomic E-state index is 15.4. The number of nitrogens with zero attached hydrogens (tertiary/aromatic N) is 3. The van der Waals surface area contributed by atoms with Crippen molar-refractivity contribution in [1.82, 2.24) is 19.8 Å². The first-order valence-electron chi connectivity index (χ1n) is 11.3. The van der Waals surface area contributed by atoms with Gasteiger partial charge < -0.3 is 24.1 Å². The monoisotopic (exact) mass is 480 g/mol. The fraction of sp³-hybridized carbons (Fsp3) is 0.320. The molecular formula is C25H25FN4O5. The largest absolute Gasteiger partial charge is 0.457 e. The van der Waals surface area contributed by atoms with E-state index >= 15 is 4.39 Å². The van der Waals surface area contributed by atoms with Crippen molar-refractivity contribution >= 4 is 28.3 Å². The Labute approximate surface area is 200 Å². The van der Waals surface area contributed by atoms with Crippen LogP contribution < -0.4 is 10.1 Å². The van der Waals surface area contributed by atoms with Gasteiger partial charge in [0.1, 0.15) is 11.3 Å². The van der Waals surface area contributed by atoms with Gasteiger partial charge in [-0.05, 0) is 38.5 Å². The van der Waals surface area contributed by atoms with Crippen molar-refractivity contribution < 1.29 is 27.9 Å². The van der Waals surface area contributed by atoms with E-state index in [2.05, 4.69) is 10.4 Å². The molecule has 2 amide bonds. The minimum atomic E-state index is -0.724. The van der Waals surface area contributed by atoms with Crippen molar-refractivity contribution in [3.05, 3.63) is 58.9 Å². The normalized spacial score (nSPS) is 16.1. The Morgan fingerprint density at radius 2 is 2.03 bits per heavy atom. The summed E-state index contributed by atoms with van der Waals surface area (Å²) in [5, 5.41) is 7.21. The number of fused-ring (bicyclic) bond motifs is 2. The van der Waals surface area contributed by atoms with E-state index < -0.39 is 5.82 Å². The maximum Gasteiger partial charge on any atom is 0.255 e. The van der Waals surface area contributed by atoms with Crippen LogP contribution in [0.1, 0.15) is 39.0 Å². The molecule has 1 aliphatic rings. The summed E-state index contributed by atoms with van der Waals surface area (Å²) < 4.78 is 34.0. The van der Waals surface area contributed by atoms with Crippen LogP contribution in [0.2, 0.25) is 0 Å². The fourth-order valence-electron chi connectivity index (χ4n) is 4.53. The van der Waals surface area contributed by atoms with Gasteiger partial charge in [0.25, 0.3) is 11.8 Å². The van der Waals surface area contributed by atoms with Gasteiger partial charge in [-0.3, -0.25) is 9.59 Å². The molecule has 4 aromatic rings. The number of furan rings is 1. The SMILES string of the molecule is CNC(=O)c1c(C)oc2c(F)c(Oc3ccnn4cc(C(=O)N5CCO[C@H](C)C5)c(C)c34)ccc12. The average molecular weight is 480 g/mol. The van der Waals surface area contributed by atoms with Crippen molar-refractivity contribution in [2.45, 2.75) is 26.9 Å². The van der Waals surface area contributed by atoms with E-state index in [9.17, 15) is 9.59 Å². The minimum Gasteiger partial charge on any atom is -0.457 e. The van der Waals surface area contributed by atoms with E-state index in [0.717, 1.165) is 0 Å². The number of hydrogen-bond donors (Lipinski definition) is 1. The highest BCUT2D eigenvalue weighted by Crippen LogP contribution is 2.36. The minimum absolute atomic E-state index is 0.0332. The number of nitrogens with one attached hydrogen (secondary N) is 1. The molecule has 3 aromatic heterocycles. The molecular weight excluding hydrogens is 455 g/mol. The van der Waals surface area contributed by atoms with E-state index in [0.29, 0.717) is 53.2 Å². The fourth-order valence-corrected chi connectivity index (χ4v) is 4.53. The predicted molar refractivity (Wildman–Crippen MR) is 126 cm³/mol. The average Bonchev–Trinajstić information content (AvgIpc) is 3.37. The molecule has 4 heterocycles. The van der Waals surface area contributed by atoms with Crippen LogP contribution in [0.3, 0.4) is 0 Å². The molecule has 10 heteroatoms. The third-order valence-corrected chi connectivity index (χ3v) is 6.26. The number of aromatic nitrogens is 2. The van der Waals surface area contributed by atoms with Gasteiger partial charge in [0.2, 0.25) is 5.82 Å². The molecule has 0 radical (unpaired) electrons. The van der Waals surface area contributed by atoms with E-state index in [1.807, 2.05) is 13.8 Å². The number of aryl methyl sites for hydroxylation is 2. The summed E-state index contributed by atoms with van der Waals surface area (Å²) in [4.78, 5) is 27.2. The highest BCUT2D eigenvalue weighted by molar-refractivity contribution is 6.07. The predicted octanol–water partition coefficient (Wildman–Crippen LogP) is 3.85. The lowest BCUT2D eigenvalue weighted by Gasteiger charge is -2.31. The third-order valence-electron chi connectivity index (χ3n) is 6.26. The standard InChI is InChI=1S/C25H25FN4O5/c1-13-11-29(9-10-33-13)25(32)17-12-30-22(14(17)2)19(7-8-28-30)35-18-6-5-16-20(24(31)27-4)15(3)34-23(16)21(18)26/h5-8,12-13H,9-11H2,1-4H3,(H,27,31)/t13-/m1/s1. The summed E-state index contributed by atoms with van der Waals surface area (Å²) in [6.45, 7) is 6.85. The van der Waals surface area contributed by atoms with Crippen LogP contribution in [0.25, 0.3) is 16.5 Å². The maximum absolute atomic E-state index is 15.4. The van der Waals surface area contributed by atoms with Crippen molar-refractivity contribution in [3.8, 4) is 11.5 Å². The number of halogens is 1. The number of hydrogen-bond acceptors (Lipinski definition) is 6. The lowest BCUT2D eigenvalue weighted by molar-refractivity contribution is -0.0124. The number of rotatable bonds is 4. The Hall–Kier alpha value is -3.92. The quantitative estimate of drug-likeness (QED) is 0.477. The Morgan fingerprint density at radius 1 is 1.23 bits per heavy atom. The zero-order chi connectivity index (χ0) is 24.9. The molecule has 1 fully saturated rings. The molecule has 5 rings (SSSR count). The summed E-state index contributed by atoms with van der Waals surface area (Å²) >= 11 is 0. The zero-order valence-electron chi connectivity index (χ0n) is 19.8. The number of carbonyl (C=O) groups is 2. The Morgan fingerprint density at radius 3 is 2.77 bits per heavy atom. The molecule has 182 valence electrons. The molecule has 0 aliphatic carbocycles. The van der Waals surface area contributed by atoms with E-state index in [1.54, 1.807) is 34.7 Å².